The van der Waals surface area contributed by atoms with Gasteiger partial charge in [0.2, 0.25) is 0 Å². The molecular formula is C26H28N2O4. The van der Waals surface area contributed by atoms with Crippen molar-refractivity contribution < 1.29 is 19.0 Å². The van der Waals surface area contributed by atoms with Crippen molar-refractivity contribution >= 4 is 17.3 Å². The minimum Gasteiger partial charge on any atom is -0.497 e. The molecule has 1 aliphatic rings. The lowest BCUT2D eigenvalue weighted by atomic mass is 9.88. The number of hydrogen-bond acceptors (Lipinski definition) is 6. The van der Waals surface area contributed by atoms with E-state index in [4.69, 9.17) is 14.2 Å². The number of benzene rings is 3. The maximum Gasteiger partial charge on any atom is 0.338 e. The van der Waals surface area contributed by atoms with Crippen LogP contribution in [0.3, 0.4) is 0 Å². The highest BCUT2D eigenvalue weighted by Crippen LogP contribution is 2.42. The number of methoxy groups -OCH3 is 3. The summed E-state index contributed by atoms with van der Waals surface area (Å²) in [7, 11) is 4.73. The molecule has 0 amide bonds. The Kier molecular flexibility index (Phi) is 5.95. The zero-order valence-electron chi connectivity index (χ0n) is 18.9. The number of hydrogen-bond donors (Lipinski definition) is 0. The molecule has 32 heavy (non-hydrogen) atoms. The zero-order valence-corrected chi connectivity index (χ0v) is 18.9. The summed E-state index contributed by atoms with van der Waals surface area (Å²) in [6.45, 7) is 3.00. The van der Waals surface area contributed by atoms with Gasteiger partial charge in [-0.2, -0.15) is 0 Å². The van der Waals surface area contributed by atoms with Gasteiger partial charge in [-0.25, -0.2) is 4.79 Å². The Bertz CT molecular complexity index is 1060. The summed E-state index contributed by atoms with van der Waals surface area (Å²) in [6.07, 6.45) is 0. The van der Waals surface area contributed by atoms with E-state index in [2.05, 4.69) is 9.80 Å². The third-order valence-corrected chi connectivity index (χ3v) is 6.07. The number of carbonyl (C=O) groups is 1. The molecule has 6 heteroatoms. The number of esters is 1. The lowest BCUT2D eigenvalue weighted by Crippen LogP contribution is -2.51. The summed E-state index contributed by atoms with van der Waals surface area (Å²) in [6, 6.07) is 23.7. The highest BCUT2D eigenvalue weighted by atomic mass is 16.5. The van der Waals surface area contributed by atoms with Crippen LogP contribution in [-0.4, -0.2) is 40.5 Å². The Morgan fingerprint density at radius 2 is 1.31 bits per heavy atom. The fraction of sp³-hybridized carbons (Fsp3) is 0.269. The van der Waals surface area contributed by atoms with Gasteiger partial charge in [-0.15, -0.1) is 0 Å². The average molecular weight is 433 g/mol. The second kappa shape index (κ2) is 8.83. The Balaban J connectivity index is 1.84. The molecule has 1 heterocycles. The van der Waals surface area contributed by atoms with Crippen molar-refractivity contribution in [2.75, 3.05) is 44.3 Å². The summed E-state index contributed by atoms with van der Waals surface area (Å²) in [4.78, 5) is 17.8. The summed E-state index contributed by atoms with van der Waals surface area (Å²) < 4.78 is 16.0. The van der Waals surface area contributed by atoms with E-state index >= 15 is 0 Å². The normalized spacial score (nSPS) is 17.9. The van der Waals surface area contributed by atoms with Gasteiger partial charge in [-0.05, 0) is 61.0 Å². The van der Waals surface area contributed by atoms with Gasteiger partial charge >= 0.3 is 5.97 Å². The van der Waals surface area contributed by atoms with Crippen LogP contribution in [0.2, 0.25) is 0 Å². The summed E-state index contributed by atoms with van der Waals surface area (Å²) >= 11 is 0. The summed E-state index contributed by atoms with van der Waals surface area (Å²) in [5.74, 6) is 1.25. The van der Waals surface area contributed by atoms with Crippen LogP contribution in [0.25, 0.3) is 0 Å². The first-order valence-electron chi connectivity index (χ1n) is 10.5. The molecule has 0 spiro atoms. The SMILES string of the molecule is COC(=O)C1(c2ccc(C)cc2)CN(c2ccc(OC)cc2)CN1c1ccc(OC)cc1. The van der Waals surface area contributed by atoms with Crippen LogP contribution in [0.15, 0.2) is 72.8 Å². The van der Waals surface area contributed by atoms with Crippen molar-refractivity contribution in [1.29, 1.82) is 0 Å². The highest BCUT2D eigenvalue weighted by molar-refractivity contribution is 5.89. The van der Waals surface area contributed by atoms with Crippen molar-refractivity contribution in [3.8, 4) is 11.5 Å². The smallest absolute Gasteiger partial charge is 0.338 e. The fourth-order valence-electron chi connectivity index (χ4n) is 4.27. The molecule has 0 N–H and O–H groups in total. The number of nitrogens with zero attached hydrogens (tertiary/aromatic N) is 2. The molecule has 3 aromatic rings. The van der Waals surface area contributed by atoms with E-state index in [0.717, 1.165) is 34.0 Å². The standard InChI is InChI=1S/C26H28N2O4/c1-19-5-7-20(8-6-19)26(25(29)32-4)17-27(21-9-13-23(30-2)14-10-21)18-28(26)22-11-15-24(31-3)16-12-22/h5-16H,17-18H2,1-4H3. The van der Waals surface area contributed by atoms with E-state index < -0.39 is 5.54 Å². The van der Waals surface area contributed by atoms with Crippen LogP contribution in [0.4, 0.5) is 11.4 Å². The minimum atomic E-state index is -1.00. The van der Waals surface area contributed by atoms with Crippen LogP contribution >= 0.6 is 0 Å². The highest BCUT2D eigenvalue weighted by Gasteiger charge is 2.53. The summed E-state index contributed by atoms with van der Waals surface area (Å²) in [5, 5.41) is 0. The van der Waals surface area contributed by atoms with E-state index in [1.54, 1.807) is 14.2 Å². The molecule has 0 bridgehead atoms. The maximum absolute atomic E-state index is 13.5. The van der Waals surface area contributed by atoms with E-state index in [0.29, 0.717) is 13.2 Å². The Morgan fingerprint density at radius 1 is 0.781 bits per heavy atom. The molecule has 1 atom stereocenters. The van der Waals surface area contributed by atoms with E-state index in [9.17, 15) is 4.79 Å². The summed E-state index contributed by atoms with van der Waals surface area (Å²) in [5.41, 5.74) is 2.93. The number of rotatable bonds is 6. The molecule has 1 saturated heterocycles. The number of aryl methyl sites for hydroxylation is 1. The topological polar surface area (TPSA) is 51.2 Å². The minimum absolute atomic E-state index is 0.298. The van der Waals surface area contributed by atoms with Gasteiger partial charge < -0.3 is 24.0 Å². The first kappa shape index (κ1) is 21.6. The molecule has 0 aromatic heterocycles. The Morgan fingerprint density at radius 3 is 1.81 bits per heavy atom. The van der Waals surface area contributed by atoms with E-state index in [-0.39, 0.29) is 5.97 Å². The van der Waals surface area contributed by atoms with Crippen LogP contribution in [0.1, 0.15) is 11.1 Å². The predicted molar refractivity (Wildman–Crippen MR) is 126 cm³/mol. The third kappa shape index (κ3) is 3.73. The number of carbonyl (C=O) groups excluding carboxylic acids is 1. The molecule has 1 fully saturated rings. The Hall–Kier alpha value is -3.67. The molecule has 0 saturated carbocycles. The first-order valence-corrected chi connectivity index (χ1v) is 10.5. The van der Waals surface area contributed by atoms with Gasteiger partial charge in [-0.1, -0.05) is 29.8 Å². The van der Waals surface area contributed by atoms with Gasteiger partial charge in [-0.3, -0.25) is 0 Å². The molecule has 1 unspecified atom stereocenters. The molecule has 1 aliphatic heterocycles. The van der Waals surface area contributed by atoms with Gasteiger partial charge in [0.05, 0.1) is 34.5 Å². The first-order chi connectivity index (χ1) is 15.5. The molecule has 4 rings (SSSR count). The fourth-order valence-corrected chi connectivity index (χ4v) is 4.27. The van der Waals surface area contributed by atoms with E-state index in [1.165, 1.54) is 7.11 Å². The molecule has 3 aromatic carbocycles. The van der Waals surface area contributed by atoms with Crippen molar-refractivity contribution in [1.82, 2.24) is 0 Å². The third-order valence-electron chi connectivity index (χ3n) is 6.07. The molecule has 166 valence electrons. The van der Waals surface area contributed by atoms with Crippen LogP contribution < -0.4 is 19.3 Å². The largest absolute Gasteiger partial charge is 0.497 e. The molecule has 6 nitrogen and oxygen atoms in total. The molecule has 0 aliphatic carbocycles. The second-order valence-electron chi connectivity index (χ2n) is 7.88. The van der Waals surface area contributed by atoms with Crippen molar-refractivity contribution in [3.05, 3.63) is 83.9 Å². The van der Waals surface area contributed by atoms with Crippen molar-refractivity contribution in [3.63, 3.8) is 0 Å². The predicted octanol–water partition coefficient (Wildman–Crippen LogP) is 4.36. The van der Waals surface area contributed by atoms with Crippen LogP contribution in [-0.2, 0) is 15.1 Å². The van der Waals surface area contributed by atoms with E-state index in [1.807, 2.05) is 79.7 Å². The van der Waals surface area contributed by atoms with Gasteiger partial charge in [0.25, 0.3) is 0 Å². The Labute approximate surface area is 188 Å². The van der Waals surface area contributed by atoms with Crippen molar-refractivity contribution in [2.45, 2.75) is 12.5 Å². The van der Waals surface area contributed by atoms with Crippen LogP contribution in [0, 0.1) is 6.92 Å². The lowest BCUT2D eigenvalue weighted by Gasteiger charge is -2.36. The zero-order chi connectivity index (χ0) is 22.7. The quantitative estimate of drug-likeness (QED) is 0.540. The van der Waals surface area contributed by atoms with Crippen molar-refractivity contribution in [2.24, 2.45) is 0 Å². The molecule has 0 radical (unpaired) electrons. The van der Waals surface area contributed by atoms with Gasteiger partial charge in [0.1, 0.15) is 11.5 Å². The monoisotopic (exact) mass is 432 g/mol. The molecular weight excluding hydrogens is 404 g/mol. The average Bonchev–Trinajstić information content (AvgIpc) is 3.26. The van der Waals surface area contributed by atoms with Crippen LogP contribution in [0.5, 0.6) is 11.5 Å². The maximum atomic E-state index is 13.5. The second-order valence-corrected chi connectivity index (χ2v) is 7.88. The number of ether oxygens (including phenoxy) is 3. The lowest BCUT2D eigenvalue weighted by molar-refractivity contribution is -0.146. The van der Waals surface area contributed by atoms with Gasteiger partial charge in [0, 0.05) is 11.4 Å². The number of anilines is 2. The van der Waals surface area contributed by atoms with Gasteiger partial charge in [0.15, 0.2) is 5.54 Å².